The highest BCUT2D eigenvalue weighted by Crippen LogP contribution is 2.51. The first-order chi connectivity index (χ1) is 11.1. The summed E-state index contributed by atoms with van der Waals surface area (Å²) < 4.78 is 0. The van der Waals surface area contributed by atoms with Crippen molar-refractivity contribution in [2.45, 2.75) is 31.1 Å². The number of carbonyl (C=O) groups excluding carboxylic acids is 1. The summed E-state index contributed by atoms with van der Waals surface area (Å²) in [5.41, 5.74) is 2.52. The Morgan fingerprint density at radius 1 is 1.04 bits per heavy atom. The van der Waals surface area contributed by atoms with Gasteiger partial charge in [0.05, 0.1) is 6.42 Å². The van der Waals surface area contributed by atoms with Gasteiger partial charge < -0.3 is 10.4 Å². The lowest BCUT2D eigenvalue weighted by Gasteiger charge is -2.15. The molecule has 118 valence electrons. The average molecular weight is 309 g/mol. The molecular weight excluding hydrogens is 290 g/mol. The highest BCUT2D eigenvalue weighted by molar-refractivity contribution is 5.92. The third kappa shape index (κ3) is 3.77. The van der Waals surface area contributed by atoms with E-state index in [9.17, 15) is 9.59 Å². The number of nitrogens with one attached hydrogen (secondary N) is 1. The number of rotatable bonds is 6. The Bertz CT molecular complexity index is 720. The molecule has 0 aromatic heterocycles. The van der Waals surface area contributed by atoms with Gasteiger partial charge in [-0.3, -0.25) is 9.59 Å². The summed E-state index contributed by atoms with van der Waals surface area (Å²) in [5, 5.41) is 11.7. The normalized spacial score (nSPS) is 15.0. The maximum atomic E-state index is 12.3. The molecule has 0 saturated heterocycles. The van der Waals surface area contributed by atoms with Crippen LogP contribution in [0.4, 0.5) is 5.69 Å². The van der Waals surface area contributed by atoms with Gasteiger partial charge in [-0.25, -0.2) is 0 Å². The van der Waals surface area contributed by atoms with Crippen LogP contribution < -0.4 is 5.32 Å². The zero-order valence-electron chi connectivity index (χ0n) is 12.8. The molecule has 3 rings (SSSR count). The second-order valence-electron chi connectivity index (χ2n) is 6.14. The summed E-state index contributed by atoms with van der Waals surface area (Å²) in [6.07, 6.45) is 2.48. The van der Waals surface area contributed by atoms with Crippen LogP contribution in [0.1, 0.15) is 30.4 Å². The molecule has 0 radical (unpaired) electrons. The molecule has 2 aromatic rings. The van der Waals surface area contributed by atoms with Crippen molar-refractivity contribution in [3.63, 3.8) is 0 Å². The molecule has 1 aliphatic carbocycles. The van der Waals surface area contributed by atoms with E-state index in [4.69, 9.17) is 5.11 Å². The summed E-state index contributed by atoms with van der Waals surface area (Å²) >= 11 is 0. The second kappa shape index (κ2) is 6.24. The third-order valence-electron chi connectivity index (χ3n) is 4.30. The molecule has 1 saturated carbocycles. The zero-order valence-corrected chi connectivity index (χ0v) is 12.8. The van der Waals surface area contributed by atoms with E-state index >= 15 is 0 Å². The van der Waals surface area contributed by atoms with Crippen molar-refractivity contribution in [2.75, 3.05) is 5.32 Å². The standard InChI is InChI=1S/C19H19NO3/c21-17(13-19(9-10-19)15-6-2-1-3-7-15)20-16-8-4-5-14(11-16)12-18(22)23/h1-8,11H,9-10,12-13H2,(H,20,21)(H,22,23). The number of anilines is 1. The van der Waals surface area contributed by atoms with Gasteiger partial charge in [-0.2, -0.15) is 0 Å². The number of hydrogen-bond donors (Lipinski definition) is 2. The molecule has 0 atom stereocenters. The van der Waals surface area contributed by atoms with E-state index in [-0.39, 0.29) is 17.7 Å². The summed E-state index contributed by atoms with van der Waals surface area (Å²) in [5.74, 6) is -0.909. The van der Waals surface area contributed by atoms with E-state index < -0.39 is 5.97 Å². The lowest BCUT2D eigenvalue weighted by atomic mass is 9.92. The van der Waals surface area contributed by atoms with E-state index in [1.165, 1.54) is 5.56 Å². The number of carboxylic acids is 1. The van der Waals surface area contributed by atoms with Crippen molar-refractivity contribution in [3.05, 3.63) is 65.7 Å². The Morgan fingerprint density at radius 2 is 1.78 bits per heavy atom. The summed E-state index contributed by atoms with van der Waals surface area (Å²) in [6.45, 7) is 0. The highest BCUT2D eigenvalue weighted by atomic mass is 16.4. The maximum Gasteiger partial charge on any atom is 0.307 e. The predicted octanol–water partition coefficient (Wildman–Crippen LogP) is 3.37. The molecule has 0 bridgehead atoms. The number of aliphatic carboxylic acids is 1. The van der Waals surface area contributed by atoms with Gasteiger partial charge in [0.1, 0.15) is 0 Å². The Labute approximate surface area is 135 Å². The molecule has 1 fully saturated rings. The van der Waals surface area contributed by atoms with E-state index in [1.54, 1.807) is 24.3 Å². The Kier molecular flexibility index (Phi) is 4.15. The minimum absolute atomic E-state index is 0.0238. The smallest absolute Gasteiger partial charge is 0.307 e. The van der Waals surface area contributed by atoms with Crippen LogP contribution in [-0.4, -0.2) is 17.0 Å². The molecule has 0 spiro atoms. The number of carboxylic acid groups (broad SMARTS) is 1. The van der Waals surface area contributed by atoms with Crippen molar-refractivity contribution in [2.24, 2.45) is 0 Å². The van der Waals surface area contributed by atoms with Gasteiger partial charge >= 0.3 is 5.97 Å². The van der Waals surface area contributed by atoms with Gasteiger partial charge in [0.25, 0.3) is 0 Å². The minimum Gasteiger partial charge on any atom is -0.481 e. The van der Waals surface area contributed by atoms with Crippen LogP contribution in [-0.2, 0) is 21.4 Å². The molecule has 1 amide bonds. The van der Waals surface area contributed by atoms with Crippen LogP contribution in [0.25, 0.3) is 0 Å². The van der Waals surface area contributed by atoms with Crippen LogP contribution in [0.2, 0.25) is 0 Å². The van der Waals surface area contributed by atoms with Crippen LogP contribution in [0, 0.1) is 0 Å². The van der Waals surface area contributed by atoms with Gasteiger partial charge in [-0.15, -0.1) is 0 Å². The van der Waals surface area contributed by atoms with Gasteiger partial charge in [-0.05, 0) is 36.1 Å². The van der Waals surface area contributed by atoms with Crippen LogP contribution in [0.5, 0.6) is 0 Å². The molecule has 23 heavy (non-hydrogen) atoms. The monoisotopic (exact) mass is 309 g/mol. The van der Waals surface area contributed by atoms with Gasteiger partial charge in [-0.1, -0.05) is 42.5 Å². The summed E-state index contributed by atoms with van der Waals surface area (Å²) in [7, 11) is 0. The van der Waals surface area contributed by atoms with Crippen LogP contribution >= 0.6 is 0 Å². The second-order valence-corrected chi connectivity index (χ2v) is 6.14. The van der Waals surface area contributed by atoms with E-state index in [2.05, 4.69) is 17.4 Å². The molecular formula is C19H19NO3. The van der Waals surface area contributed by atoms with Crippen LogP contribution in [0.3, 0.4) is 0 Å². The first-order valence-electron chi connectivity index (χ1n) is 7.74. The quantitative estimate of drug-likeness (QED) is 0.859. The number of hydrogen-bond acceptors (Lipinski definition) is 2. The van der Waals surface area contributed by atoms with E-state index in [0.717, 1.165) is 12.8 Å². The fraction of sp³-hybridized carbons (Fsp3) is 0.263. The molecule has 0 heterocycles. The Morgan fingerprint density at radius 3 is 2.43 bits per heavy atom. The van der Waals surface area contributed by atoms with Crippen molar-refractivity contribution >= 4 is 17.6 Å². The fourth-order valence-corrected chi connectivity index (χ4v) is 2.96. The van der Waals surface area contributed by atoms with E-state index in [1.807, 2.05) is 18.2 Å². The molecule has 0 unspecified atom stereocenters. The van der Waals surface area contributed by atoms with Crippen molar-refractivity contribution in [1.29, 1.82) is 0 Å². The molecule has 4 heteroatoms. The molecule has 1 aliphatic rings. The number of carbonyl (C=O) groups is 2. The van der Waals surface area contributed by atoms with E-state index in [0.29, 0.717) is 17.7 Å². The minimum atomic E-state index is -0.880. The first-order valence-corrected chi connectivity index (χ1v) is 7.74. The fourth-order valence-electron chi connectivity index (χ4n) is 2.96. The summed E-state index contributed by atoms with van der Waals surface area (Å²) in [4.78, 5) is 23.1. The molecule has 0 aliphatic heterocycles. The predicted molar refractivity (Wildman–Crippen MR) is 88.4 cm³/mol. The maximum absolute atomic E-state index is 12.3. The highest BCUT2D eigenvalue weighted by Gasteiger charge is 2.45. The largest absolute Gasteiger partial charge is 0.481 e. The van der Waals surface area contributed by atoms with Gasteiger partial charge in [0.2, 0.25) is 5.91 Å². The zero-order chi connectivity index (χ0) is 16.3. The molecule has 2 aromatic carbocycles. The third-order valence-corrected chi connectivity index (χ3v) is 4.30. The SMILES string of the molecule is O=C(O)Cc1cccc(NC(=O)CC2(c3ccccc3)CC2)c1. The summed E-state index contributed by atoms with van der Waals surface area (Å²) in [6, 6.07) is 17.1. The number of amides is 1. The van der Waals surface area contributed by atoms with Crippen molar-refractivity contribution in [3.8, 4) is 0 Å². The molecule has 4 nitrogen and oxygen atoms in total. The topological polar surface area (TPSA) is 66.4 Å². The van der Waals surface area contributed by atoms with Crippen molar-refractivity contribution < 1.29 is 14.7 Å². The molecule has 2 N–H and O–H groups in total. The van der Waals surface area contributed by atoms with Gasteiger partial charge in [0, 0.05) is 17.5 Å². The van der Waals surface area contributed by atoms with Crippen LogP contribution in [0.15, 0.2) is 54.6 Å². The number of benzene rings is 2. The lowest BCUT2D eigenvalue weighted by molar-refractivity contribution is -0.136. The van der Waals surface area contributed by atoms with Crippen molar-refractivity contribution in [1.82, 2.24) is 0 Å². The average Bonchev–Trinajstić information content (AvgIpc) is 3.28. The lowest BCUT2D eigenvalue weighted by Crippen LogP contribution is -2.20. The Hall–Kier alpha value is -2.62. The van der Waals surface area contributed by atoms with Gasteiger partial charge in [0.15, 0.2) is 0 Å². The first kappa shape index (κ1) is 15.3. The Balaban J connectivity index is 1.65.